The second-order valence-electron chi connectivity index (χ2n) is 3.87. The molecule has 0 unspecified atom stereocenters. The second kappa shape index (κ2) is 4.32. The molecule has 2 heteroatoms. The first-order valence-corrected chi connectivity index (χ1v) is 7.40. The van der Waals surface area contributed by atoms with Gasteiger partial charge in [0, 0.05) is 0 Å². The molecular formula is C12H15BP. The van der Waals surface area contributed by atoms with Crippen LogP contribution in [-0.4, -0.2) is 19.5 Å². The number of rotatable bonds is 1. The molecule has 1 radical (unpaired) electrons. The van der Waals surface area contributed by atoms with E-state index >= 15 is 0 Å². The van der Waals surface area contributed by atoms with Crippen molar-refractivity contribution in [1.82, 2.24) is 0 Å². The molecule has 0 aliphatic carbocycles. The standard InChI is InChI=1S/C12H15BP/c13-14(10-6-1-2-7-11-14)12-8-4-3-5-9-12/h1-5,8-9H,6-7,10-11H2. The maximum atomic E-state index is 6.55. The van der Waals surface area contributed by atoms with Gasteiger partial charge in [-0.3, -0.25) is 0 Å². The minimum atomic E-state index is -1.32. The summed E-state index contributed by atoms with van der Waals surface area (Å²) in [6.07, 6.45) is 9.20. The molecule has 2 rings (SSSR count). The third-order valence-electron chi connectivity index (χ3n) is 2.83. The molecule has 0 nitrogen and oxygen atoms in total. The molecule has 0 saturated carbocycles. The molecule has 71 valence electrons. The van der Waals surface area contributed by atoms with Crippen molar-refractivity contribution in [3.05, 3.63) is 42.5 Å². The van der Waals surface area contributed by atoms with Crippen LogP contribution in [0.1, 0.15) is 12.8 Å². The summed E-state index contributed by atoms with van der Waals surface area (Å²) in [5.74, 6) is 0. The van der Waals surface area contributed by atoms with Crippen LogP contribution >= 0.6 is 6.75 Å². The van der Waals surface area contributed by atoms with Gasteiger partial charge in [-0.05, 0) is 0 Å². The van der Waals surface area contributed by atoms with Crippen LogP contribution in [0.25, 0.3) is 0 Å². The fraction of sp³-hybridized carbons (Fsp3) is 0.333. The van der Waals surface area contributed by atoms with Crippen molar-refractivity contribution in [2.24, 2.45) is 0 Å². The van der Waals surface area contributed by atoms with E-state index in [1.807, 2.05) is 0 Å². The third kappa shape index (κ3) is 2.09. The van der Waals surface area contributed by atoms with E-state index < -0.39 is 6.75 Å². The Morgan fingerprint density at radius 1 is 0.929 bits per heavy atom. The Bertz CT molecular complexity index is 353. The summed E-state index contributed by atoms with van der Waals surface area (Å²) in [4.78, 5) is 0. The molecule has 1 aliphatic heterocycles. The van der Waals surface area contributed by atoms with E-state index in [4.69, 9.17) is 7.18 Å². The average molecular weight is 201 g/mol. The number of hydrogen-bond acceptors (Lipinski definition) is 0. The fourth-order valence-electron chi connectivity index (χ4n) is 1.94. The first kappa shape index (κ1) is 9.99. The number of hydrogen-bond donors (Lipinski definition) is 0. The van der Waals surface area contributed by atoms with Crippen molar-refractivity contribution in [3.8, 4) is 0 Å². The first-order chi connectivity index (χ1) is 6.81. The Labute approximate surface area is 87.4 Å². The zero-order chi connectivity index (χ0) is 9.86. The fourth-order valence-corrected chi connectivity index (χ4v) is 4.67. The molecule has 0 amide bonds. The van der Waals surface area contributed by atoms with Gasteiger partial charge in [-0.1, -0.05) is 0 Å². The summed E-state index contributed by atoms with van der Waals surface area (Å²) in [6, 6.07) is 10.6. The molecule has 0 saturated heterocycles. The Morgan fingerprint density at radius 3 is 2.07 bits per heavy atom. The van der Waals surface area contributed by atoms with Crippen LogP contribution in [-0.2, 0) is 0 Å². The molecular weight excluding hydrogens is 186 g/mol. The van der Waals surface area contributed by atoms with E-state index in [2.05, 4.69) is 42.5 Å². The topological polar surface area (TPSA) is 0 Å². The van der Waals surface area contributed by atoms with E-state index in [1.54, 1.807) is 0 Å². The van der Waals surface area contributed by atoms with Crippen molar-refractivity contribution in [2.75, 3.05) is 12.3 Å². The SMILES string of the molecule is [B]=P1(c2ccccc2)CCC=CCC1. The van der Waals surface area contributed by atoms with Gasteiger partial charge in [0.25, 0.3) is 0 Å². The van der Waals surface area contributed by atoms with E-state index in [1.165, 1.54) is 17.6 Å². The number of benzene rings is 1. The molecule has 1 aliphatic rings. The van der Waals surface area contributed by atoms with Crippen molar-refractivity contribution in [2.45, 2.75) is 12.8 Å². The first-order valence-electron chi connectivity index (χ1n) is 5.17. The summed E-state index contributed by atoms with van der Waals surface area (Å²) >= 11 is 0. The van der Waals surface area contributed by atoms with Gasteiger partial charge in [-0.2, -0.15) is 0 Å². The van der Waals surface area contributed by atoms with Crippen LogP contribution in [0.3, 0.4) is 0 Å². The summed E-state index contributed by atoms with van der Waals surface area (Å²) in [5, 5.41) is 1.39. The molecule has 1 aromatic rings. The van der Waals surface area contributed by atoms with Crippen LogP contribution in [0, 0.1) is 0 Å². The summed E-state index contributed by atoms with van der Waals surface area (Å²) in [5.41, 5.74) is 0. The molecule has 0 spiro atoms. The molecule has 1 aromatic carbocycles. The van der Waals surface area contributed by atoms with Gasteiger partial charge in [0.2, 0.25) is 0 Å². The van der Waals surface area contributed by atoms with Gasteiger partial charge in [-0.15, -0.1) is 0 Å². The van der Waals surface area contributed by atoms with Gasteiger partial charge < -0.3 is 0 Å². The van der Waals surface area contributed by atoms with Gasteiger partial charge in [0.05, 0.1) is 0 Å². The quantitative estimate of drug-likeness (QED) is 0.372. The van der Waals surface area contributed by atoms with E-state index in [-0.39, 0.29) is 0 Å². The minimum absolute atomic E-state index is 1.15. The van der Waals surface area contributed by atoms with E-state index in [9.17, 15) is 0 Å². The maximum absolute atomic E-state index is 6.55. The van der Waals surface area contributed by atoms with Crippen LogP contribution in [0.15, 0.2) is 42.5 Å². The van der Waals surface area contributed by atoms with Gasteiger partial charge in [-0.25, -0.2) is 0 Å². The molecule has 0 atom stereocenters. The number of allylic oxidation sites excluding steroid dienone is 2. The van der Waals surface area contributed by atoms with E-state index in [0.717, 1.165) is 12.8 Å². The molecule has 0 fully saturated rings. The van der Waals surface area contributed by atoms with Gasteiger partial charge in [0.15, 0.2) is 0 Å². The van der Waals surface area contributed by atoms with Crippen LogP contribution in [0.2, 0.25) is 0 Å². The zero-order valence-corrected chi connectivity index (χ0v) is 9.29. The second-order valence-corrected chi connectivity index (χ2v) is 7.34. The third-order valence-corrected chi connectivity index (χ3v) is 6.27. The molecule has 1 heterocycles. The van der Waals surface area contributed by atoms with Crippen LogP contribution in [0.5, 0.6) is 0 Å². The summed E-state index contributed by atoms with van der Waals surface area (Å²) in [7, 11) is 6.55. The predicted molar refractivity (Wildman–Crippen MR) is 66.9 cm³/mol. The van der Waals surface area contributed by atoms with E-state index in [0.29, 0.717) is 0 Å². The van der Waals surface area contributed by atoms with Crippen molar-refractivity contribution in [3.63, 3.8) is 0 Å². The monoisotopic (exact) mass is 201 g/mol. The van der Waals surface area contributed by atoms with Crippen LogP contribution in [0.4, 0.5) is 0 Å². The Kier molecular flexibility index (Phi) is 3.08. The molecule has 0 N–H and O–H groups in total. The zero-order valence-electron chi connectivity index (χ0n) is 8.39. The van der Waals surface area contributed by atoms with Crippen molar-refractivity contribution < 1.29 is 0 Å². The van der Waals surface area contributed by atoms with Crippen LogP contribution < -0.4 is 5.30 Å². The predicted octanol–water partition coefficient (Wildman–Crippen LogP) is 2.76. The molecule has 14 heavy (non-hydrogen) atoms. The van der Waals surface area contributed by atoms with Gasteiger partial charge >= 0.3 is 86.9 Å². The molecule has 0 aromatic heterocycles. The van der Waals surface area contributed by atoms with Gasteiger partial charge in [0.1, 0.15) is 0 Å². The Hall–Kier alpha value is -0.545. The normalized spacial score (nSPS) is 20.2. The van der Waals surface area contributed by atoms with Crippen molar-refractivity contribution in [1.29, 1.82) is 0 Å². The average Bonchev–Trinajstić information content (AvgIpc) is 2.46. The Morgan fingerprint density at radius 2 is 1.50 bits per heavy atom. The van der Waals surface area contributed by atoms with Crippen molar-refractivity contribution >= 4 is 19.2 Å². The molecule has 0 bridgehead atoms. The summed E-state index contributed by atoms with van der Waals surface area (Å²) in [6.45, 7) is -1.32. The summed E-state index contributed by atoms with van der Waals surface area (Å²) < 4.78 is 0. The Balaban J connectivity index is 2.28.